The van der Waals surface area contributed by atoms with Gasteiger partial charge in [-0.15, -0.1) is 0 Å². The number of rotatable bonds is 8. The number of urea groups is 1. The number of carbonyl (C=O) groups is 2. The maximum absolute atomic E-state index is 12.2. The maximum Gasteiger partial charge on any atom is 0.317 e. The van der Waals surface area contributed by atoms with Crippen LogP contribution in [0.1, 0.15) is 45.4 Å². The summed E-state index contributed by atoms with van der Waals surface area (Å²) in [6.07, 6.45) is 5.55. The van der Waals surface area contributed by atoms with E-state index in [0.29, 0.717) is 18.3 Å². The number of nitrogens with one attached hydrogen (secondary N) is 1. The van der Waals surface area contributed by atoms with E-state index in [9.17, 15) is 9.59 Å². The molecule has 1 unspecified atom stereocenters. The van der Waals surface area contributed by atoms with Crippen molar-refractivity contribution in [3.8, 4) is 0 Å². The molecule has 2 amide bonds. The fourth-order valence-corrected chi connectivity index (χ4v) is 2.18. The van der Waals surface area contributed by atoms with Gasteiger partial charge in [0, 0.05) is 25.6 Å². The SMILES string of the molecule is CC(CCC(=O)O)NC(=O)N(CC1CC1)CC1CC1. The lowest BCUT2D eigenvalue weighted by atomic mass is 10.2. The molecule has 5 heteroatoms. The summed E-state index contributed by atoms with van der Waals surface area (Å²) in [5.74, 6) is 0.576. The van der Waals surface area contributed by atoms with E-state index in [2.05, 4.69) is 5.32 Å². The van der Waals surface area contributed by atoms with Gasteiger partial charge in [0.05, 0.1) is 0 Å². The van der Waals surface area contributed by atoms with Gasteiger partial charge in [0.2, 0.25) is 0 Å². The van der Waals surface area contributed by atoms with E-state index in [1.54, 1.807) is 0 Å². The average Bonchev–Trinajstić information content (AvgIpc) is 3.20. The number of amides is 2. The number of carboxylic acid groups (broad SMARTS) is 1. The Morgan fingerprint density at radius 2 is 1.74 bits per heavy atom. The Kier molecular flexibility index (Phi) is 4.66. The van der Waals surface area contributed by atoms with Crippen LogP contribution in [0.4, 0.5) is 4.79 Å². The summed E-state index contributed by atoms with van der Waals surface area (Å²) in [5, 5.41) is 11.6. The molecule has 19 heavy (non-hydrogen) atoms. The molecule has 0 bridgehead atoms. The largest absolute Gasteiger partial charge is 0.481 e. The fraction of sp³-hybridized carbons (Fsp3) is 0.857. The number of aliphatic carboxylic acids is 1. The summed E-state index contributed by atoms with van der Waals surface area (Å²) in [4.78, 5) is 24.6. The molecule has 0 aliphatic heterocycles. The summed E-state index contributed by atoms with van der Waals surface area (Å²) in [6, 6.07) is -0.0961. The molecule has 2 fully saturated rings. The minimum Gasteiger partial charge on any atom is -0.481 e. The number of nitrogens with zero attached hydrogens (tertiary/aromatic N) is 1. The average molecular weight is 268 g/mol. The van der Waals surface area contributed by atoms with Crippen LogP contribution in [0.15, 0.2) is 0 Å². The van der Waals surface area contributed by atoms with E-state index in [-0.39, 0.29) is 18.5 Å². The van der Waals surface area contributed by atoms with Gasteiger partial charge in [-0.1, -0.05) is 0 Å². The van der Waals surface area contributed by atoms with Crippen LogP contribution in [0.25, 0.3) is 0 Å². The third-order valence-electron chi connectivity index (χ3n) is 3.80. The van der Waals surface area contributed by atoms with Crippen LogP contribution in [0, 0.1) is 11.8 Å². The predicted molar refractivity (Wildman–Crippen MR) is 71.9 cm³/mol. The Morgan fingerprint density at radius 1 is 1.21 bits per heavy atom. The molecule has 0 spiro atoms. The molecular weight excluding hydrogens is 244 g/mol. The Balaban J connectivity index is 1.74. The van der Waals surface area contributed by atoms with Crippen molar-refractivity contribution in [2.24, 2.45) is 11.8 Å². The Morgan fingerprint density at radius 3 is 2.16 bits per heavy atom. The highest BCUT2D eigenvalue weighted by Crippen LogP contribution is 2.33. The minimum absolute atomic E-state index is 0.0170. The first-order valence-electron chi connectivity index (χ1n) is 7.32. The van der Waals surface area contributed by atoms with E-state index >= 15 is 0 Å². The molecule has 0 saturated heterocycles. The molecule has 5 nitrogen and oxygen atoms in total. The van der Waals surface area contributed by atoms with Crippen LogP contribution in [-0.4, -0.2) is 41.1 Å². The van der Waals surface area contributed by atoms with Crippen molar-refractivity contribution in [3.63, 3.8) is 0 Å². The van der Waals surface area contributed by atoms with Gasteiger partial charge in [-0.3, -0.25) is 4.79 Å². The van der Waals surface area contributed by atoms with Gasteiger partial charge < -0.3 is 15.3 Å². The van der Waals surface area contributed by atoms with Gasteiger partial charge in [0.25, 0.3) is 0 Å². The highest BCUT2D eigenvalue weighted by atomic mass is 16.4. The second-order valence-electron chi connectivity index (χ2n) is 6.07. The van der Waals surface area contributed by atoms with Crippen molar-refractivity contribution in [1.29, 1.82) is 0 Å². The number of hydrogen-bond donors (Lipinski definition) is 2. The standard InChI is InChI=1S/C14H24N2O3/c1-10(2-7-13(17)18)15-14(19)16(8-11-3-4-11)9-12-5-6-12/h10-12H,2-9H2,1H3,(H,15,19)(H,17,18). The molecule has 108 valence electrons. The molecule has 2 aliphatic carbocycles. The second kappa shape index (κ2) is 6.26. The smallest absolute Gasteiger partial charge is 0.317 e. The molecular formula is C14H24N2O3. The normalized spacial score (nSPS) is 19.8. The molecule has 0 radical (unpaired) electrons. The highest BCUT2D eigenvalue weighted by molar-refractivity contribution is 5.74. The van der Waals surface area contributed by atoms with Crippen molar-refractivity contribution in [2.45, 2.75) is 51.5 Å². The number of carbonyl (C=O) groups excluding carboxylic acids is 1. The third kappa shape index (κ3) is 5.49. The first-order chi connectivity index (χ1) is 9.04. The zero-order chi connectivity index (χ0) is 13.8. The first-order valence-corrected chi connectivity index (χ1v) is 7.32. The van der Waals surface area contributed by atoms with Crippen molar-refractivity contribution in [1.82, 2.24) is 10.2 Å². The lowest BCUT2D eigenvalue weighted by Crippen LogP contribution is -2.45. The van der Waals surface area contributed by atoms with E-state index in [0.717, 1.165) is 13.1 Å². The van der Waals surface area contributed by atoms with Gasteiger partial charge in [0.1, 0.15) is 0 Å². The molecule has 0 aromatic carbocycles. The molecule has 0 heterocycles. The van der Waals surface area contributed by atoms with E-state index in [4.69, 9.17) is 5.11 Å². The molecule has 2 saturated carbocycles. The fourth-order valence-electron chi connectivity index (χ4n) is 2.18. The minimum atomic E-state index is -0.811. The van der Waals surface area contributed by atoms with E-state index in [1.807, 2.05) is 11.8 Å². The Bertz CT molecular complexity index is 324. The summed E-state index contributed by atoms with van der Waals surface area (Å²) in [5.41, 5.74) is 0. The summed E-state index contributed by atoms with van der Waals surface area (Å²) >= 11 is 0. The topological polar surface area (TPSA) is 69.6 Å². The lowest BCUT2D eigenvalue weighted by Gasteiger charge is -2.25. The molecule has 0 aromatic heterocycles. The van der Waals surface area contributed by atoms with Crippen molar-refractivity contribution in [2.75, 3.05) is 13.1 Å². The lowest BCUT2D eigenvalue weighted by molar-refractivity contribution is -0.137. The van der Waals surface area contributed by atoms with Gasteiger partial charge in [-0.05, 0) is 50.9 Å². The molecule has 2 aliphatic rings. The van der Waals surface area contributed by atoms with Crippen molar-refractivity contribution >= 4 is 12.0 Å². The first kappa shape index (κ1) is 14.2. The predicted octanol–water partition coefficient (Wildman–Crippen LogP) is 2.07. The summed E-state index contributed by atoms with van der Waals surface area (Å²) in [7, 11) is 0. The quantitative estimate of drug-likeness (QED) is 0.708. The Hall–Kier alpha value is -1.26. The number of carboxylic acids is 1. The summed E-state index contributed by atoms with van der Waals surface area (Å²) < 4.78 is 0. The molecule has 2 N–H and O–H groups in total. The van der Waals surface area contributed by atoms with Crippen LogP contribution in [-0.2, 0) is 4.79 Å². The van der Waals surface area contributed by atoms with Gasteiger partial charge in [-0.25, -0.2) is 4.79 Å². The summed E-state index contributed by atoms with van der Waals surface area (Å²) in [6.45, 7) is 3.61. The molecule has 1 atom stereocenters. The maximum atomic E-state index is 12.2. The van der Waals surface area contributed by atoms with Crippen LogP contribution in [0.2, 0.25) is 0 Å². The molecule has 2 rings (SSSR count). The highest BCUT2D eigenvalue weighted by Gasteiger charge is 2.31. The number of hydrogen-bond acceptors (Lipinski definition) is 2. The second-order valence-corrected chi connectivity index (χ2v) is 6.07. The van der Waals surface area contributed by atoms with E-state index < -0.39 is 5.97 Å². The van der Waals surface area contributed by atoms with Gasteiger partial charge in [0.15, 0.2) is 0 Å². The van der Waals surface area contributed by atoms with E-state index in [1.165, 1.54) is 25.7 Å². The van der Waals surface area contributed by atoms with Crippen LogP contribution in [0.5, 0.6) is 0 Å². The van der Waals surface area contributed by atoms with Crippen molar-refractivity contribution < 1.29 is 14.7 Å². The molecule has 0 aromatic rings. The zero-order valence-corrected chi connectivity index (χ0v) is 11.6. The van der Waals surface area contributed by atoms with Gasteiger partial charge in [-0.2, -0.15) is 0 Å². The van der Waals surface area contributed by atoms with Gasteiger partial charge >= 0.3 is 12.0 Å². The zero-order valence-electron chi connectivity index (χ0n) is 11.6. The van der Waals surface area contributed by atoms with Crippen LogP contribution in [0.3, 0.4) is 0 Å². The monoisotopic (exact) mass is 268 g/mol. The van der Waals surface area contributed by atoms with Crippen molar-refractivity contribution in [3.05, 3.63) is 0 Å². The van der Waals surface area contributed by atoms with Crippen LogP contribution < -0.4 is 5.32 Å². The third-order valence-corrected chi connectivity index (χ3v) is 3.80. The van der Waals surface area contributed by atoms with Crippen LogP contribution >= 0.6 is 0 Å². The Labute approximate surface area is 114 Å².